The fraction of sp³-hybridized carbons (Fsp3) is 0.471. The highest BCUT2D eigenvalue weighted by Crippen LogP contribution is 2.18. The minimum atomic E-state index is -0.192. The summed E-state index contributed by atoms with van der Waals surface area (Å²) in [5.41, 5.74) is 1.04. The van der Waals surface area contributed by atoms with E-state index in [9.17, 15) is 4.79 Å². The summed E-state index contributed by atoms with van der Waals surface area (Å²) < 4.78 is 5.63. The molecule has 0 fully saturated rings. The van der Waals surface area contributed by atoms with Gasteiger partial charge in [0.2, 0.25) is 5.91 Å². The van der Waals surface area contributed by atoms with Crippen molar-refractivity contribution in [3.05, 3.63) is 42.5 Å². The molecule has 21 heavy (non-hydrogen) atoms. The van der Waals surface area contributed by atoms with Gasteiger partial charge in [-0.2, -0.15) is 0 Å². The molecule has 0 heterocycles. The number of likely N-dealkylation sites (N-methyl/N-ethyl adjacent to an activating group) is 1. The van der Waals surface area contributed by atoms with Gasteiger partial charge < -0.3 is 15.4 Å². The topological polar surface area (TPSA) is 50.4 Å². The predicted molar refractivity (Wildman–Crippen MR) is 86.3 cm³/mol. The number of rotatable bonds is 9. The van der Waals surface area contributed by atoms with Crippen LogP contribution in [-0.2, 0) is 11.3 Å². The second kappa shape index (κ2) is 9.19. The highest BCUT2D eigenvalue weighted by Gasteiger charge is 2.18. The highest BCUT2D eigenvalue weighted by atomic mass is 16.5. The Morgan fingerprint density at radius 2 is 2.10 bits per heavy atom. The number of carbonyl (C=O) groups is 1. The van der Waals surface area contributed by atoms with E-state index in [-0.39, 0.29) is 11.9 Å². The molecule has 0 aliphatic heterocycles. The van der Waals surface area contributed by atoms with Crippen molar-refractivity contribution in [2.24, 2.45) is 5.92 Å². The van der Waals surface area contributed by atoms with Crippen LogP contribution in [0.25, 0.3) is 0 Å². The lowest BCUT2D eigenvalue weighted by Gasteiger charge is -2.20. The molecular formula is C17H26N2O2. The van der Waals surface area contributed by atoms with E-state index >= 15 is 0 Å². The Bertz CT molecular complexity index is 458. The predicted octanol–water partition coefficient (Wildman–Crippen LogP) is 2.50. The first-order chi connectivity index (χ1) is 10.1. The Labute approximate surface area is 127 Å². The average Bonchev–Trinajstić information content (AvgIpc) is 2.49. The van der Waals surface area contributed by atoms with Crippen molar-refractivity contribution in [1.29, 1.82) is 0 Å². The summed E-state index contributed by atoms with van der Waals surface area (Å²) in [6.45, 7) is 8.94. The lowest BCUT2D eigenvalue weighted by Crippen LogP contribution is -2.43. The van der Waals surface area contributed by atoms with Gasteiger partial charge in [-0.1, -0.05) is 44.7 Å². The second-order valence-electron chi connectivity index (χ2n) is 5.38. The van der Waals surface area contributed by atoms with E-state index in [1.165, 1.54) is 0 Å². The van der Waals surface area contributed by atoms with E-state index in [1.54, 1.807) is 13.1 Å². The normalized spacial score (nSPS) is 12.0. The van der Waals surface area contributed by atoms with E-state index in [2.05, 4.69) is 31.1 Å². The number of benzene rings is 1. The van der Waals surface area contributed by atoms with Crippen LogP contribution in [0.5, 0.6) is 5.75 Å². The fourth-order valence-electron chi connectivity index (χ4n) is 2.10. The average molecular weight is 290 g/mol. The lowest BCUT2D eigenvalue weighted by atomic mass is 10.0. The van der Waals surface area contributed by atoms with Gasteiger partial charge in [-0.05, 0) is 18.4 Å². The summed E-state index contributed by atoms with van der Waals surface area (Å²) in [4.78, 5) is 11.9. The van der Waals surface area contributed by atoms with Crippen LogP contribution in [0, 0.1) is 5.92 Å². The Balaban J connectivity index is 2.70. The molecule has 0 aliphatic carbocycles. The van der Waals surface area contributed by atoms with Crippen LogP contribution in [0.2, 0.25) is 0 Å². The van der Waals surface area contributed by atoms with Crippen molar-refractivity contribution in [2.75, 3.05) is 13.7 Å². The van der Waals surface area contributed by atoms with Crippen molar-refractivity contribution in [3.8, 4) is 5.75 Å². The van der Waals surface area contributed by atoms with Crippen molar-refractivity contribution in [3.63, 3.8) is 0 Å². The molecule has 0 aliphatic rings. The Hall–Kier alpha value is -1.81. The van der Waals surface area contributed by atoms with Gasteiger partial charge in [0.25, 0.3) is 0 Å². The number of carbonyl (C=O) groups excluding carboxylic acids is 1. The van der Waals surface area contributed by atoms with Crippen molar-refractivity contribution >= 4 is 5.91 Å². The Morgan fingerprint density at radius 1 is 1.38 bits per heavy atom. The van der Waals surface area contributed by atoms with E-state index in [1.807, 2.05) is 24.3 Å². The summed E-state index contributed by atoms with van der Waals surface area (Å²) in [6.07, 6.45) is 2.52. The molecule has 0 spiro atoms. The molecular weight excluding hydrogens is 264 g/mol. The largest absolute Gasteiger partial charge is 0.489 e. The van der Waals surface area contributed by atoms with E-state index < -0.39 is 0 Å². The quantitative estimate of drug-likeness (QED) is 0.687. The third-order valence-corrected chi connectivity index (χ3v) is 3.14. The fourth-order valence-corrected chi connectivity index (χ4v) is 2.10. The van der Waals surface area contributed by atoms with Crippen LogP contribution < -0.4 is 15.4 Å². The number of nitrogens with one attached hydrogen (secondary N) is 2. The molecule has 0 aromatic heterocycles. The number of hydrogen-bond acceptors (Lipinski definition) is 3. The molecule has 1 aromatic rings. The maximum Gasteiger partial charge on any atom is 0.236 e. The molecule has 0 saturated heterocycles. The Morgan fingerprint density at radius 3 is 2.71 bits per heavy atom. The molecule has 0 radical (unpaired) electrons. The molecule has 4 heteroatoms. The minimum Gasteiger partial charge on any atom is -0.489 e. The summed E-state index contributed by atoms with van der Waals surface area (Å²) >= 11 is 0. The molecule has 1 rings (SSSR count). The zero-order valence-electron chi connectivity index (χ0n) is 13.2. The van der Waals surface area contributed by atoms with Crippen molar-refractivity contribution in [2.45, 2.75) is 32.9 Å². The van der Waals surface area contributed by atoms with Gasteiger partial charge in [-0.15, -0.1) is 0 Å². The zero-order valence-corrected chi connectivity index (χ0v) is 13.2. The van der Waals surface area contributed by atoms with Gasteiger partial charge in [0, 0.05) is 19.2 Å². The van der Waals surface area contributed by atoms with E-state index in [4.69, 9.17) is 4.74 Å². The first kappa shape index (κ1) is 17.2. The summed E-state index contributed by atoms with van der Waals surface area (Å²) in [7, 11) is 1.67. The molecule has 4 nitrogen and oxygen atoms in total. The van der Waals surface area contributed by atoms with Gasteiger partial charge in [0.1, 0.15) is 12.4 Å². The third-order valence-electron chi connectivity index (χ3n) is 3.14. The van der Waals surface area contributed by atoms with Gasteiger partial charge in [-0.25, -0.2) is 0 Å². The monoisotopic (exact) mass is 290 g/mol. The lowest BCUT2D eigenvalue weighted by molar-refractivity contribution is -0.123. The minimum absolute atomic E-state index is 0.0215. The smallest absolute Gasteiger partial charge is 0.236 e. The van der Waals surface area contributed by atoms with Crippen LogP contribution in [0.15, 0.2) is 36.9 Å². The first-order valence-electron chi connectivity index (χ1n) is 7.35. The highest BCUT2D eigenvalue weighted by molar-refractivity contribution is 5.81. The molecule has 116 valence electrons. The summed E-state index contributed by atoms with van der Waals surface area (Å²) in [6, 6.07) is 7.64. The standard InChI is InChI=1S/C17H26N2O2/c1-5-10-21-16-9-7-6-8-14(16)12-19-15(11-13(2)3)17(20)18-4/h5-9,13,15,19H,1,10-12H2,2-4H3,(H,18,20). The van der Waals surface area contributed by atoms with Crippen LogP contribution in [0.1, 0.15) is 25.8 Å². The number of hydrogen-bond donors (Lipinski definition) is 2. The molecule has 1 amide bonds. The molecule has 0 saturated carbocycles. The van der Waals surface area contributed by atoms with Crippen LogP contribution in [0.3, 0.4) is 0 Å². The molecule has 2 N–H and O–H groups in total. The summed E-state index contributed by atoms with van der Waals surface area (Å²) in [5.74, 6) is 1.30. The van der Waals surface area contributed by atoms with Crippen molar-refractivity contribution in [1.82, 2.24) is 10.6 Å². The molecule has 1 unspecified atom stereocenters. The number of para-hydroxylation sites is 1. The first-order valence-corrected chi connectivity index (χ1v) is 7.35. The van der Waals surface area contributed by atoms with Crippen LogP contribution in [0.4, 0.5) is 0 Å². The zero-order chi connectivity index (χ0) is 15.7. The van der Waals surface area contributed by atoms with E-state index in [0.717, 1.165) is 17.7 Å². The SMILES string of the molecule is C=CCOc1ccccc1CNC(CC(C)C)C(=O)NC. The maximum absolute atomic E-state index is 11.9. The Kier molecular flexibility index (Phi) is 7.54. The van der Waals surface area contributed by atoms with E-state index in [0.29, 0.717) is 19.1 Å². The van der Waals surface area contributed by atoms with Crippen LogP contribution in [-0.4, -0.2) is 25.6 Å². The maximum atomic E-state index is 11.9. The molecule has 1 atom stereocenters. The van der Waals surface area contributed by atoms with Crippen molar-refractivity contribution < 1.29 is 9.53 Å². The van der Waals surface area contributed by atoms with Gasteiger partial charge >= 0.3 is 0 Å². The second-order valence-corrected chi connectivity index (χ2v) is 5.38. The van der Waals surface area contributed by atoms with Crippen LogP contribution >= 0.6 is 0 Å². The number of amides is 1. The number of ether oxygens (including phenoxy) is 1. The molecule has 1 aromatic carbocycles. The van der Waals surface area contributed by atoms with Gasteiger partial charge in [-0.3, -0.25) is 4.79 Å². The summed E-state index contributed by atoms with van der Waals surface area (Å²) in [5, 5.41) is 6.03. The van der Waals surface area contributed by atoms with Gasteiger partial charge in [0.15, 0.2) is 0 Å². The molecule has 0 bridgehead atoms. The third kappa shape index (κ3) is 6.00. The van der Waals surface area contributed by atoms with Gasteiger partial charge in [0.05, 0.1) is 6.04 Å².